The van der Waals surface area contributed by atoms with Crippen LogP contribution in [-0.4, -0.2) is 26.1 Å². The van der Waals surface area contributed by atoms with Crippen molar-refractivity contribution in [2.75, 3.05) is 0 Å². The summed E-state index contributed by atoms with van der Waals surface area (Å²) >= 11 is 0. The molecule has 0 saturated carbocycles. The lowest BCUT2D eigenvalue weighted by molar-refractivity contribution is 1.06. The first kappa shape index (κ1) is 18.8. The summed E-state index contributed by atoms with van der Waals surface area (Å²) in [6.07, 6.45) is 3.72. The van der Waals surface area contributed by atoms with E-state index in [0.717, 1.165) is 10.9 Å². The number of hydrogen-bond donors (Lipinski definition) is 0. The second-order valence-electron chi connectivity index (χ2n) is 7.89. The lowest BCUT2D eigenvalue weighted by Gasteiger charge is -2.37. The molecule has 0 radical (unpaired) electrons. The maximum absolute atomic E-state index is 4.58. The number of rotatable bonds is 3. The molecule has 0 saturated heterocycles. The number of pyridine rings is 2. The van der Waals surface area contributed by atoms with Gasteiger partial charge in [-0.2, -0.15) is 0 Å². The highest BCUT2D eigenvalue weighted by Crippen LogP contribution is 2.34. The molecule has 120 valence electrons. The van der Waals surface area contributed by atoms with Crippen molar-refractivity contribution in [1.82, 2.24) is 9.97 Å². The smallest absolute Gasteiger partial charge is 0.0513 e. The molecule has 0 N–H and O–H groups in total. The molecule has 0 bridgehead atoms. The van der Waals surface area contributed by atoms with Gasteiger partial charge in [0.25, 0.3) is 0 Å². The predicted molar refractivity (Wildman–Crippen MR) is 103 cm³/mol. The van der Waals surface area contributed by atoms with E-state index in [1.54, 1.807) is 6.20 Å². The average molecular weight is 331 g/mol. The Balaban J connectivity index is 0.000000287. The molecule has 0 fully saturated rings. The minimum atomic E-state index is -1.16. The van der Waals surface area contributed by atoms with Gasteiger partial charge in [0.05, 0.1) is 16.1 Å². The van der Waals surface area contributed by atoms with Gasteiger partial charge in [-0.15, -0.1) is 0 Å². The van der Waals surface area contributed by atoms with E-state index >= 15 is 0 Å². The molecule has 0 atom stereocenters. The third-order valence-corrected chi connectivity index (χ3v) is 12.8. The summed E-state index contributed by atoms with van der Waals surface area (Å²) in [4.78, 5) is 8.56. The summed E-state index contributed by atoms with van der Waals surface area (Å²) in [5.41, 5.74) is 2.40. The minimum Gasteiger partial charge on any atom is -0.262 e. The van der Waals surface area contributed by atoms with Crippen molar-refractivity contribution in [1.29, 1.82) is 0 Å². The van der Waals surface area contributed by atoms with Crippen molar-refractivity contribution in [3.05, 3.63) is 60.2 Å². The van der Waals surface area contributed by atoms with E-state index in [9.17, 15) is 0 Å². The number of hydrogen-bond acceptors (Lipinski definition) is 2. The molecule has 22 heavy (non-hydrogen) atoms. The summed E-state index contributed by atoms with van der Waals surface area (Å²) in [5.74, 6) is 0. The van der Waals surface area contributed by atoms with E-state index in [0.29, 0.717) is 0 Å². The van der Waals surface area contributed by atoms with Crippen molar-refractivity contribution in [2.24, 2.45) is 0 Å². The minimum absolute atomic E-state index is 0.756. The van der Waals surface area contributed by atoms with E-state index in [1.165, 1.54) is 5.69 Å². The average Bonchev–Trinajstić information content (AvgIpc) is 2.38. The Hall–Kier alpha value is -1.27. The summed E-state index contributed by atoms with van der Waals surface area (Å²) in [7, 11) is -2.33. The van der Waals surface area contributed by atoms with Crippen LogP contribution < -0.4 is 0 Å². The number of aryl methyl sites for hydroxylation is 1. The Morgan fingerprint density at radius 3 is 1.50 bits per heavy atom. The zero-order valence-electron chi connectivity index (χ0n) is 15.1. The van der Waals surface area contributed by atoms with E-state index in [2.05, 4.69) is 61.4 Å². The summed E-state index contributed by atoms with van der Waals surface area (Å²) in [6, 6.07) is 12.2. The van der Waals surface area contributed by atoms with Crippen LogP contribution in [-0.2, 0) is 0 Å². The first-order valence-corrected chi connectivity index (χ1v) is 15.1. The third-order valence-electron chi connectivity index (χ3n) is 3.53. The predicted octanol–water partition coefficient (Wildman–Crippen LogP) is 5.31. The van der Waals surface area contributed by atoms with Crippen LogP contribution in [0.2, 0.25) is 39.3 Å². The van der Waals surface area contributed by atoms with Crippen molar-refractivity contribution in [3.8, 4) is 0 Å². The van der Waals surface area contributed by atoms with Gasteiger partial charge in [-0.05, 0) is 36.4 Å². The van der Waals surface area contributed by atoms with Crippen LogP contribution >= 0.6 is 0 Å². The highest BCUT2D eigenvalue weighted by molar-refractivity contribution is 6.96. The zero-order valence-corrected chi connectivity index (χ0v) is 17.1. The standard InChI is InChI=1S/C12H23NSi2.C6H7N/c1-14(2,3)12(15(4,5)6)11-9-7-8-10-13-11;1-6-4-2-3-5-7-6/h7-10,12H,1-6H3;2-5H,1H3. The Morgan fingerprint density at radius 1 is 0.727 bits per heavy atom. The fourth-order valence-corrected chi connectivity index (χ4v) is 15.7. The molecule has 4 heteroatoms. The van der Waals surface area contributed by atoms with Crippen molar-refractivity contribution < 1.29 is 0 Å². The van der Waals surface area contributed by atoms with Gasteiger partial charge in [0.2, 0.25) is 0 Å². The van der Waals surface area contributed by atoms with Crippen LogP contribution in [0.1, 0.15) is 16.6 Å². The van der Waals surface area contributed by atoms with Crippen molar-refractivity contribution >= 4 is 16.1 Å². The molecule has 2 rings (SSSR count). The molecule has 0 amide bonds. The normalized spacial score (nSPS) is 11.8. The van der Waals surface area contributed by atoms with Gasteiger partial charge in [0.15, 0.2) is 0 Å². The van der Waals surface area contributed by atoms with Crippen LogP contribution in [0.25, 0.3) is 0 Å². The van der Waals surface area contributed by atoms with Gasteiger partial charge in [0.1, 0.15) is 0 Å². The molecule has 0 aliphatic carbocycles. The van der Waals surface area contributed by atoms with Crippen LogP contribution in [0, 0.1) is 6.92 Å². The van der Waals surface area contributed by atoms with Crippen molar-refractivity contribution in [2.45, 2.75) is 51.4 Å². The van der Waals surface area contributed by atoms with Gasteiger partial charge >= 0.3 is 0 Å². The summed E-state index contributed by atoms with van der Waals surface area (Å²) in [6.45, 7) is 16.7. The number of nitrogens with zero attached hydrogens (tertiary/aromatic N) is 2. The van der Waals surface area contributed by atoms with E-state index in [-0.39, 0.29) is 0 Å². The third kappa shape index (κ3) is 6.24. The summed E-state index contributed by atoms with van der Waals surface area (Å²) in [5, 5.41) is 0.756. The number of aromatic nitrogens is 2. The van der Waals surface area contributed by atoms with Crippen LogP contribution in [0.5, 0.6) is 0 Å². The topological polar surface area (TPSA) is 25.8 Å². The van der Waals surface area contributed by atoms with Gasteiger partial charge in [-0.3, -0.25) is 9.97 Å². The summed E-state index contributed by atoms with van der Waals surface area (Å²) < 4.78 is 0. The largest absolute Gasteiger partial charge is 0.262 e. The molecule has 0 spiro atoms. The first-order valence-electron chi connectivity index (χ1n) is 7.91. The van der Waals surface area contributed by atoms with Crippen LogP contribution in [0.15, 0.2) is 48.8 Å². The molecule has 0 aliphatic heterocycles. The SMILES string of the molecule is C[Si](C)(C)C(c1ccccn1)[Si](C)(C)C.Cc1ccccn1. The van der Waals surface area contributed by atoms with E-state index in [1.807, 2.05) is 37.4 Å². The second-order valence-corrected chi connectivity index (χ2v) is 19.1. The maximum atomic E-state index is 4.58. The second kappa shape index (κ2) is 7.83. The van der Waals surface area contributed by atoms with E-state index in [4.69, 9.17) is 0 Å². The zero-order chi connectivity index (χ0) is 16.8. The molecular formula is C18H30N2Si2. The fourth-order valence-electron chi connectivity index (χ4n) is 3.18. The molecule has 0 unspecified atom stereocenters. The van der Waals surface area contributed by atoms with Gasteiger partial charge < -0.3 is 0 Å². The molecule has 2 nitrogen and oxygen atoms in total. The highest BCUT2D eigenvalue weighted by atomic mass is 28.4. The lowest BCUT2D eigenvalue weighted by atomic mass is 10.4. The molecule has 2 heterocycles. The van der Waals surface area contributed by atoms with Gasteiger partial charge in [-0.1, -0.05) is 51.4 Å². The molecule has 2 aromatic heterocycles. The Bertz CT molecular complexity index is 529. The fraction of sp³-hybridized carbons (Fsp3) is 0.444. The Kier molecular flexibility index (Phi) is 6.69. The van der Waals surface area contributed by atoms with Crippen LogP contribution in [0.4, 0.5) is 0 Å². The lowest BCUT2D eigenvalue weighted by Crippen LogP contribution is -2.46. The highest BCUT2D eigenvalue weighted by Gasteiger charge is 2.39. The Morgan fingerprint density at radius 2 is 1.23 bits per heavy atom. The molecule has 0 aliphatic rings. The maximum Gasteiger partial charge on any atom is 0.0513 e. The monoisotopic (exact) mass is 330 g/mol. The van der Waals surface area contributed by atoms with Crippen LogP contribution in [0.3, 0.4) is 0 Å². The first-order chi connectivity index (χ1) is 10.1. The molecule has 2 aromatic rings. The Labute approximate surface area is 138 Å². The molecular weight excluding hydrogens is 300 g/mol. The van der Waals surface area contributed by atoms with Gasteiger partial charge in [-0.25, -0.2) is 0 Å². The quantitative estimate of drug-likeness (QED) is 0.713. The van der Waals surface area contributed by atoms with E-state index < -0.39 is 16.1 Å². The molecule has 0 aromatic carbocycles. The van der Waals surface area contributed by atoms with Gasteiger partial charge in [0, 0.05) is 23.8 Å². The van der Waals surface area contributed by atoms with Crippen molar-refractivity contribution in [3.63, 3.8) is 0 Å².